The maximum absolute atomic E-state index is 11.7. The Morgan fingerprint density at radius 3 is 2.71 bits per heavy atom. The Bertz CT molecular complexity index is 528. The average Bonchev–Trinajstić information content (AvgIpc) is 2.88. The summed E-state index contributed by atoms with van der Waals surface area (Å²) in [5, 5.41) is 15.8. The van der Waals surface area contributed by atoms with Gasteiger partial charge in [-0.15, -0.1) is 0 Å². The lowest BCUT2D eigenvalue weighted by Gasteiger charge is -2.25. The first-order valence-corrected chi connectivity index (χ1v) is 7.23. The lowest BCUT2D eigenvalue weighted by Crippen LogP contribution is -2.31. The van der Waals surface area contributed by atoms with E-state index in [9.17, 15) is 9.59 Å². The van der Waals surface area contributed by atoms with E-state index in [2.05, 4.69) is 10.4 Å². The topological polar surface area (TPSA) is 84.2 Å². The van der Waals surface area contributed by atoms with Gasteiger partial charge in [0.25, 0.3) is 0 Å². The smallest absolute Gasteiger partial charge is 0.306 e. The molecule has 0 spiro atoms. The molecule has 6 nitrogen and oxygen atoms in total. The third-order valence-corrected chi connectivity index (χ3v) is 4.03. The molecule has 0 unspecified atom stereocenters. The molecule has 1 fully saturated rings. The molecular weight excluding hydrogens is 270 g/mol. The van der Waals surface area contributed by atoms with E-state index in [1.807, 2.05) is 13.1 Å². The van der Waals surface area contributed by atoms with Crippen LogP contribution in [-0.4, -0.2) is 33.3 Å². The van der Waals surface area contributed by atoms with E-state index in [4.69, 9.17) is 5.11 Å². The summed E-state index contributed by atoms with van der Waals surface area (Å²) in [7, 11) is 1.82. The highest BCUT2D eigenvalue weighted by molar-refractivity contribution is 5.91. The number of carbonyl (C=O) groups is 2. The largest absolute Gasteiger partial charge is 0.481 e. The lowest BCUT2D eigenvalue weighted by molar-refractivity contribution is -0.143. The Hall–Kier alpha value is -2.11. The standard InChI is InChI=1S/C15H21N3O3/c1-18-13(8-9-17-18)6-7-14(19)16-10-11-2-4-12(5-3-11)15(20)21/h6-9,11-12H,2-5,10H2,1H3,(H,16,19)(H,20,21)/b7-6+. The van der Waals surface area contributed by atoms with Gasteiger partial charge in [0.15, 0.2) is 0 Å². The lowest BCUT2D eigenvalue weighted by atomic mass is 9.82. The average molecular weight is 291 g/mol. The van der Waals surface area contributed by atoms with Gasteiger partial charge in [-0.05, 0) is 43.7 Å². The molecule has 0 atom stereocenters. The number of rotatable bonds is 5. The third-order valence-electron chi connectivity index (χ3n) is 4.03. The van der Waals surface area contributed by atoms with Crippen LogP contribution in [0, 0.1) is 11.8 Å². The quantitative estimate of drug-likeness (QED) is 0.804. The molecule has 1 aromatic rings. The summed E-state index contributed by atoms with van der Waals surface area (Å²) in [6, 6.07) is 1.83. The van der Waals surface area contributed by atoms with E-state index < -0.39 is 5.97 Å². The van der Waals surface area contributed by atoms with Crippen molar-refractivity contribution in [1.29, 1.82) is 0 Å². The first kappa shape index (κ1) is 15.3. The van der Waals surface area contributed by atoms with Gasteiger partial charge in [0, 0.05) is 25.9 Å². The van der Waals surface area contributed by atoms with Crippen LogP contribution >= 0.6 is 0 Å². The normalized spacial score (nSPS) is 22.3. The number of carboxylic acid groups (broad SMARTS) is 1. The molecule has 6 heteroatoms. The molecule has 0 bridgehead atoms. The molecule has 1 aromatic heterocycles. The van der Waals surface area contributed by atoms with Crippen LogP contribution in [-0.2, 0) is 16.6 Å². The van der Waals surface area contributed by atoms with E-state index in [0.717, 1.165) is 18.5 Å². The van der Waals surface area contributed by atoms with Crippen LogP contribution in [0.5, 0.6) is 0 Å². The first-order valence-electron chi connectivity index (χ1n) is 7.23. The summed E-state index contributed by atoms with van der Waals surface area (Å²) >= 11 is 0. The van der Waals surface area contributed by atoms with Crippen molar-refractivity contribution >= 4 is 18.0 Å². The fourth-order valence-electron chi connectivity index (χ4n) is 2.63. The van der Waals surface area contributed by atoms with Crippen molar-refractivity contribution in [2.75, 3.05) is 6.54 Å². The monoisotopic (exact) mass is 291 g/mol. The third kappa shape index (κ3) is 4.44. The number of nitrogens with zero attached hydrogens (tertiary/aromatic N) is 2. The molecule has 1 amide bonds. The fourth-order valence-corrected chi connectivity index (χ4v) is 2.63. The minimum atomic E-state index is -0.698. The first-order chi connectivity index (χ1) is 10.1. The van der Waals surface area contributed by atoms with Crippen molar-refractivity contribution in [3.63, 3.8) is 0 Å². The van der Waals surface area contributed by atoms with Crippen LogP contribution in [0.15, 0.2) is 18.3 Å². The van der Waals surface area contributed by atoms with Crippen molar-refractivity contribution in [1.82, 2.24) is 15.1 Å². The van der Waals surface area contributed by atoms with Crippen LogP contribution < -0.4 is 5.32 Å². The van der Waals surface area contributed by atoms with Crippen LogP contribution in [0.4, 0.5) is 0 Å². The van der Waals surface area contributed by atoms with Crippen LogP contribution in [0.3, 0.4) is 0 Å². The summed E-state index contributed by atoms with van der Waals surface area (Å²) in [4.78, 5) is 22.6. The molecule has 1 saturated carbocycles. The minimum absolute atomic E-state index is 0.128. The maximum Gasteiger partial charge on any atom is 0.306 e. The molecular formula is C15H21N3O3. The number of carboxylic acids is 1. The van der Waals surface area contributed by atoms with Gasteiger partial charge in [-0.3, -0.25) is 14.3 Å². The number of aliphatic carboxylic acids is 1. The van der Waals surface area contributed by atoms with Gasteiger partial charge in [-0.1, -0.05) is 0 Å². The summed E-state index contributed by atoms with van der Waals surface area (Å²) in [6.07, 6.45) is 8.05. The van der Waals surface area contributed by atoms with Gasteiger partial charge < -0.3 is 10.4 Å². The summed E-state index contributed by atoms with van der Waals surface area (Å²) in [5.74, 6) is -0.649. The Kier molecular flexibility index (Phi) is 5.14. The maximum atomic E-state index is 11.7. The van der Waals surface area contributed by atoms with Gasteiger partial charge in [0.05, 0.1) is 11.6 Å². The summed E-state index contributed by atoms with van der Waals surface area (Å²) in [5.41, 5.74) is 0.868. The second-order valence-corrected chi connectivity index (χ2v) is 5.51. The predicted molar refractivity (Wildman–Crippen MR) is 78.3 cm³/mol. The summed E-state index contributed by atoms with van der Waals surface area (Å²) in [6.45, 7) is 0.612. The number of amides is 1. The zero-order valence-electron chi connectivity index (χ0n) is 12.2. The molecule has 0 radical (unpaired) electrons. The molecule has 1 aliphatic carbocycles. The van der Waals surface area contributed by atoms with Gasteiger partial charge >= 0.3 is 5.97 Å². The molecule has 2 N–H and O–H groups in total. The zero-order chi connectivity index (χ0) is 15.2. The molecule has 114 valence electrons. The van der Waals surface area contributed by atoms with E-state index in [1.165, 1.54) is 6.08 Å². The number of hydrogen-bond acceptors (Lipinski definition) is 3. The SMILES string of the molecule is Cn1nccc1/C=C/C(=O)NCC1CCC(C(=O)O)CC1. The van der Waals surface area contributed by atoms with Crippen LogP contribution in [0.1, 0.15) is 31.4 Å². The fraction of sp³-hybridized carbons (Fsp3) is 0.533. The second-order valence-electron chi connectivity index (χ2n) is 5.51. The second kappa shape index (κ2) is 7.06. The van der Waals surface area contributed by atoms with Crippen molar-refractivity contribution in [3.05, 3.63) is 24.0 Å². The molecule has 21 heavy (non-hydrogen) atoms. The molecule has 2 rings (SSSR count). The molecule has 1 aliphatic rings. The molecule has 0 aliphatic heterocycles. The Balaban J connectivity index is 1.71. The van der Waals surface area contributed by atoms with Gasteiger partial charge in [-0.2, -0.15) is 5.10 Å². The molecule has 1 heterocycles. The summed E-state index contributed by atoms with van der Waals surface area (Å²) < 4.78 is 1.69. The van der Waals surface area contributed by atoms with E-state index >= 15 is 0 Å². The predicted octanol–water partition coefficient (Wildman–Crippen LogP) is 1.44. The van der Waals surface area contributed by atoms with Gasteiger partial charge in [0.1, 0.15) is 0 Å². The number of aryl methyl sites for hydroxylation is 1. The van der Waals surface area contributed by atoms with E-state index in [-0.39, 0.29) is 11.8 Å². The number of carbonyl (C=O) groups excluding carboxylic acids is 1. The van der Waals surface area contributed by atoms with Crippen molar-refractivity contribution in [3.8, 4) is 0 Å². The van der Waals surface area contributed by atoms with E-state index in [1.54, 1.807) is 17.0 Å². The van der Waals surface area contributed by atoms with Crippen molar-refractivity contribution < 1.29 is 14.7 Å². The van der Waals surface area contributed by atoms with Crippen molar-refractivity contribution in [2.45, 2.75) is 25.7 Å². The van der Waals surface area contributed by atoms with E-state index in [0.29, 0.717) is 25.3 Å². The Labute approximate surface area is 123 Å². The highest BCUT2D eigenvalue weighted by Crippen LogP contribution is 2.28. The van der Waals surface area contributed by atoms with Crippen LogP contribution in [0.2, 0.25) is 0 Å². The number of nitrogens with one attached hydrogen (secondary N) is 1. The highest BCUT2D eigenvalue weighted by atomic mass is 16.4. The van der Waals surface area contributed by atoms with Crippen molar-refractivity contribution in [2.24, 2.45) is 18.9 Å². The number of hydrogen-bond donors (Lipinski definition) is 2. The van der Waals surface area contributed by atoms with Crippen LogP contribution in [0.25, 0.3) is 6.08 Å². The zero-order valence-corrected chi connectivity index (χ0v) is 12.2. The number of aromatic nitrogens is 2. The molecule has 0 saturated heterocycles. The minimum Gasteiger partial charge on any atom is -0.481 e. The highest BCUT2D eigenvalue weighted by Gasteiger charge is 2.25. The Morgan fingerprint density at radius 2 is 2.14 bits per heavy atom. The van der Waals surface area contributed by atoms with Gasteiger partial charge in [-0.25, -0.2) is 0 Å². The van der Waals surface area contributed by atoms with Gasteiger partial charge in [0.2, 0.25) is 5.91 Å². The Morgan fingerprint density at radius 1 is 1.43 bits per heavy atom. The molecule has 0 aromatic carbocycles.